The molecule has 2 aliphatic heterocycles. The quantitative estimate of drug-likeness (QED) is 0.798. The van der Waals surface area contributed by atoms with Crippen molar-refractivity contribution in [1.29, 1.82) is 0 Å². The number of benzene rings is 1. The summed E-state index contributed by atoms with van der Waals surface area (Å²) in [6.45, 7) is 2.88. The van der Waals surface area contributed by atoms with Gasteiger partial charge < -0.3 is 14.4 Å². The number of carbonyl (C=O) groups is 1. The summed E-state index contributed by atoms with van der Waals surface area (Å²) in [6.07, 6.45) is 1.78. The smallest absolute Gasteiger partial charge is 0.232 e. The SMILES string of the molecule is O=C(CSc1ccc(F)cc1)N1CCC(C2OCCO2)CC1. The topological polar surface area (TPSA) is 38.8 Å². The Hall–Kier alpha value is -1.11. The van der Waals surface area contributed by atoms with E-state index in [9.17, 15) is 9.18 Å². The van der Waals surface area contributed by atoms with Gasteiger partial charge in [-0.2, -0.15) is 0 Å². The van der Waals surface area contributed by atoms with E-state index in [0.717, 1.165) is 30.8 Å². The van der Waals surface area contributed by atoms with E-state index in [-0.39, 0.29) is 18.0 Å². The van der Waals surface area contributed by atoms with E-state index >= 15 is 0 Å². The molecular formula is C16H20FNO3S. The van der Waals surface area contributed by atoms with Crippen molar-refractivity contribution in [2.45, 2.75) is 24.0 Å². The number of nitrogens with zero attached hydrogens (tertiary/aromatic N) is 1. The number of rotatable bonds is 4. The zero-order valence-electron chi connectivity index (χ0n) is 12.4. The molecule has 3 rings (SSSR count). The van der Waals surface area contributed by atoms with Crippen molar-refractivity contribution >= 4 is 17.7 Å². The van der Waals surface area contributed by atoms with Crippen LogP contribution < -0.4 is 0 Å². The molecule has 1 amide bonds. The van der Waals surface area contributed by atoms with Crippen LogP contribution in [-0.2, 0) is 14.3 Å². The Morgan fingerprint density at radius 1 is 1.18 bits per heavy atom. The van der Waals surface area contributed by atoms with Gasteiger partial charge in [-0.1, -0.05) is 0 Å². The number of hydrogen-bond acceptors (Lipinski definition) is 4. The minimum Gasteiger partial charge on any atom is -0.350 e. The van der Waals surface area contributed by atoms with E-state index in [0.29, 0.717) is 24.9 Å². The fourth-order valence-electron chi connectivity index (χ4n) is 2.84. The lowest BCUT2D eigenvalue weighted by molar-refractivity contribution is -0.134. The van der Waals surface area contributed by atoms with Gasteiger partial charge in [0.15, 0.2) is 6.29 Å². The number of hydrogen-bond donors (Lipinski definition) is 0. The highest BCUT2D eigenvalue weighted by Gasteiger charge is 2.31. The van der Waals surface area contributed by atoms with Crippen molar-refractivity contribution in [2.75, 3.05) is 32.1 Å². The van der Waals surface area contributed by atoms with Crippen LogP contribution in [0, 0.1) is 11.7 Å². The number of likely N-dealkylation sites (tertiary alicyclic amines) is 1. The van der Waals surface area contributed by atoms with Crippen LogP contribution in [0.3, 0.4) is 0 Å². The van der Waals surface area contributed by atoms with Crippen LogP contribution in [0.1, 0.15) is 12.8 Å². The highest BCUT2D eigenvalue weighted by molar-refractivity contribution is 8.00. The van der Waals surface area contributed by atoms with Crippen molar-refractivity contribution in [2.24, 2.45) is 5.92 Å². The lowest BCUT2D eigenvalue weighted by Gasteiger charge is -2.33. The average molecular weight is 325 g/mol. The Balaban J connectivity index is 1.42. The molecule has 2 saturated heterocycles. The fraction of sp³-hybridized carbons (Fsp3) is 0.562. The molecular weight excluding hydrogens is 305 g/mol. The zero-order valence-corrected chi connectivity index (χ0v) is 13.2. The first-order chi connectivity index (χ1) is 10.7. The van der Waals surface area contributed by atoms with Crippen LogP contribution in [-0.4, -0.2) is 49.2 Å². The van der Waals surface area contributed by atoms with Gasteiger partial charge in [-0.3, -0.25) is 4.79 Å². The number of halogens is 1. The van der Waals surface area contributed by atoms with Crippen LogP contribution in [0.25, 0.3) is 0 Å². The standard InChI is InChI=1S/C16H20FNO3S/c17-13-1-3-14(4-2-13)22-11-15(19)18-7-5-12(6-8-18)16-20-9-10-21-16/h1-4,12,16H,5-11H2. The monoisotopic (exact) mass is 325 g/mol. The molecule has 1 aromatic rings. The highest BCUT2D eigenvalue weighted by Crippen LogP contribution is 2.26. The van der Waals surface area contributed by atoms with Crippen LogP contribution in [0.5, 0.6) is 0 Å². The number of amides is 1. The second kappa shape index (κ2) is 7.44. The Labute approximate surface area is 134 Å². The summed E-state index contributed by atoms with van der Waals surface area (Å²) in [7, 11) is 0. The molecule has 0 saturated carbocycles. The number of ether oxygens (including phenoxy) is 2. The molecule has 0 unspecified atom stereocenters. The Bertz CT molecular complexity index is 497. The van der Waals surface area contributed by atoms with Gasteiger partial charge in [-0.25, -0.2) is 4.39 Å². The van der Waals surface area contributed by atoms with Crippen molar-refractivity contribution in [1.82, 2.24) is 4.90 Å². The lowest BCUT2D eigenvalue weighted by atomic mass is 9.96. The molecule has 0 N–H and O–H groups in total. The summed E-state index contributed by atoms with van der Waals surface area (Å²) < 4.78 is 23.9. The number of piperidine rings is 1. The molecule has 0 aromatic heterocycles. The molecule has 2 fully saturated rings. The van der Waals surface area contributed by atoms with Crippen molar-refractivity contribution in [3.8, 4) is 0 Å². The van der Waals surface area contributed by atoms with E-state index in [4.69, 9.17) is 9.47 Å². The van der Waals surface area contributed by atoms with E-state index in [2.05, 4.69) is 0 Å². The third kappa shape index (κ3) is 4.00. The molecule has 0 bridgehead atoms. The Morgan fingerprint density at radius 3 is 2.45 bits per heavy atom. The first-order valence-corrected chi connectivity index (χ1v) is 8.60. The van der Waals surface area contributed by atoms with Crippen LogP contribution in [0.4, 0.5) is 4.39 Å². The van der Waals surface area contributed by atoms with Gasteiger partial charge in [0.1, 0.15) is 5.82 Å². The second-order valence-electron chi connectivity index (χ2n) is 5.57. The zero-order chi connectivity index (χ0) is 15.4. The maximum atomic E-state index is 12.8. The highest BCUT2D eigenvalue weighted by atomic mass is 32.2. The van der Waals surface area contributed by atoms with Gasteiger partial charge in [0.05, 0.1) is 19.0 Å². The third-order valence-corrected chi connectivity index (χ3v) is 5.10. The van der Waals surface area contributed by atoms with Gasteiger partial charge >= 0.3 is 0 Å². The van der Waals surface area contributed by atoms with Gasteiger partial charge in [-0.15, -0.1) is 11.8 Å². The second-order valence-corrected chi connectivity index (χ2v) is 6.62. The molecule has 6 heteroatoms. The largest absolute Gasteiger partial charge is 0.350 e. The minimum absolute atomic E-state index is 0.0779. The van der Waals surface area contributed by atoms with Gasteiger partial charge in [0.2, 0.25) is 5.91 Å². The van der Waals surface area contributed by atoms with Crippen LogP contribution >= 0.6 is 11.8 Å². The number of carbonyl (C=O) groups excluding carboxylic acids is 1. The maximum Gasteiger partial charge on any atom is 0.232 e. The summed E-state index contributed by atoms with van der Waals surface area (Å²) in [5.74, 6) is 0.679. The predicted octanol–water partition coefficient (Wildman–Crippen LogP) is 2.53. The first kappa shape index (κ1) is 15.8. The summed E-state index contributed by atoms with van der Waals surface area (Å²) in [5.41, 5.74) is 0. The predicted molar refractivity (Wildman–Crippen MR) is 82.1 cm³/mol. The maximum absolute atomic E-state index is 12.8. The molecule has 1 aromatic carbocycles. The third-order valence-electron chi connectivity index (χ3n) is 4.10. The molecule has 120 valence electrons. The van der Waals surface area contributed by atoms with Crippen molar-refractivity contribution < 1.29 is 18.7 Å². The molecule has 0 radical (unpaired) electrons. The molecule has 0 atom stereocenters. The Kier molecular flexibility index (Phi) is 5.33. The molecule has 22 heavy (non-hydrogen) atoms. The molecule has 2 aliphatic rings. The summed E-state index contributed by atoms with van der Waals surface area (Å²) in [4.78, 5) is 15.1. The van der Waals surface area contributed by atoms with Gasteiger partial charge in [0, 0.05) is 23.9 Å². The molecule has 2 heterocycles. The minimum atomic E-state index is -0.255. The fourth-order valence-corrected chi connectivity index (χ4v) is 3.64. The molecule has 0 spiro atoms. The summed E-state index contributed by atoms with van der Waals surface area (Å²) in [6, 6.07) is 6.24. The van der Waals surface area contributed by atoms with E-state index < -0.39 is 0 Å². The van der Waals surface area contributed by atoms with Crippen molar-refractivity contribution in [3.63, 3.8) is 0 Å². The number of thioether (sulfide) groups is 1. The first-order valence-electron chi connectivity index (χ1n) is 7.62. The lowest BCUT2D eigenvalue weighted by Crippen LogP contribution is -2.42. The van der Waals surface area contributed by atoms with Crippen LogP contribution in [0.15, 0.2) is 29.2 Å². The van der Waals surface area contributed by atoms with E-state index in [1.165, 1.54) is 23.9 Å². The van der Waals surface area contributed by atoms with Crippen LogP contribution in [0.2, 0.25) is 0 Å². The average Bonchev–Trinajstić information content (AvgIpc) is 3.09. The van der Waals surface area contributed by atoms with Crippen molar-refractivity contribution in [3.05, 3.63) is 30.1 Å². The van der Waals surface area contributed by atoms with Gasteiger partial charge in [0.25, 0.3) is 0 Å². The normalized spacial score (nSPS) is 20.5. The van der Waals surface area contributed by atoms with Gasteiger partial charge in [-0.05, 0) is 37.1 Å². The van der Waals surface area contributed by atoms with E-state index in [1.807, 2.05) is 4.90 Å². The Morgan fingerprint density at radius 2 is 1.82 bits per heavy atom. The summed E-state index contributed by atoms with van der Waals surface area (Å²) >= 11 is 1.45. The molecule has 0 aliphatic carbocycles. The molecule has 4 nitrogen and oxygen atoms in total. The van der Waals surface area contributed by atoms with E-state index in [1.54, 1.807) is 12.1 Å². The summed E-state index contributed by atoms with van der Waals surface area (Å²) in [5, 5.41) is 0.